The predicted molar refractivity (Wildman–Crippen MR) is 53.4 cm³/mol. The van der Waals surface area contributed by atoms with Gasteiger partial charge in [0.2, 0.25) is 0 Å². The van der Waals surface area contributed by atoms with Crippen molar-refractivity contribution in [3.63, 3.8) is 0 Å². The number of nitriles is 1. The maximum Gasteiger partial charge on any atom is 0.255 e. The van der Waals surface area contributed by atoms with Crippen LogP contribution in [-0.2, 0) is 4.79 Å². The summed E-state index contributed by atoms with van der Waals surface area (Å²) in [6.07, 6.45) is 0. The van der Waals surface area contributed by atoms with Crippen LogP contribution in [0.15, 0.2) is 24.3 Å². The van der Waals surface area contributed by atoms with Gasteiger partial charge in [-0.3, -0.25) is 4.79 Å². The summed E-state index contributed by atoms with van der Waals surface area (Å²) < 4.78 is 0. The lowest BCUT2D eigenvalue weighted by molar-refractivity contribution is -0.116. The van der Waals surface area contributed by atoms with Crippen molar-refractivity contribution in [3.05, 3.63) is 29.8 Å². The van der Waals surface area contributed by atoms with Gasteiger partial charge in [-0.15, -0.1) is 0 Å². The summed E-state index contributed by atoms with van der Waals surface area (Å²) in [5.41, 5.74) is 6.97. The lowest BCUT2D eigenvalue weighted by Crippen LogP contribution is -2.33. The van der Waals surface area contributed by atoms with Crippen molar-refractivity contribution in [2.45, 2.75) is 13.0 Å². The molecular weight excluding hydrogens is 178 g/mol. The number of hydrogen-bond donors (Lipinski definition) is 2. The molecule has 1 aromatic carbocycles. The molecule has 4 nitrogen and oxygen atoms in total. The molecule has 0 aliphatic carbocycles. The van der Waals surface area contributed by atoms with Crippen molar-refractivity contribution < 1.29 is 4.79 Å². The molecule has 1 rings (SSSR count). The minimum absolute atomic E-state index is 0.489. The SMILES string of the molecule is Cc1ccc(NC(=O)[C@H](N)C#N)cc1. The molecule has 1 amide bonds. The van der Waals surface area contributed by atoms with E-state index in [4.69, 9.17) is 11.0 Å². The van der Waals surface area contributed by atoms with Crippen molar-refractivity contribution >= 4 is 11.6 Å². The molecule has 0 aliphatic heterocycles. The second-order valence-electron chi connectivity index (χ2n) is 2.96. The Kier molecular flexibility index (Phi) is 3.21. The van der Waals surface area contributed by atoms with Crippen LogP contribution in [0.25, 0.3) is 0 Å². The molecule has 72 valence electrons. The zero-order chi connectivity index (χ0) is 10.6. The maximum atomic E-state index is 11.2. The van der Waals surface area contributed by atoms with Gasteiger partial charge in [0.25, 0.3) is 5.91 Å². The largest absolute Gasteiger partial charge is 0.324 e. The molecule has 0 heterocycles. The Morgan fingerprint density at radius 2 is 2.07 bits per heavy atom. The van der Waals surface area contributed by atoms with Gasteiger partial charge in [0.05, 0.1) is 6.07 Å². The summed E-state index contributed by atoms with van der Waals surface area (Å²) in [5.74, 6) is -0.489. The Bertz CT molecular complexity index is 364. The van der Waals surface area contributed by atoms with Crippen molar-refractivity contribution in [1.82, 2.24) is 0 Å². The number of carbonyl (C=O) groups is 1. The Labute approximate surface area is 82.3 Å². The summed E-state index contributed by atoms with van der Waals surface area (Å²) in [6, 6.07) is 7.81. The first-order valence-corrected chi connectivity index (χ1v) is 4.16. The fourth-order valence-corrected chi connectivity index (χ4v) is 0.916. The number of nitrogens with two attached hydrogens (primary N) is 1. The van der Waals surface area contributed by atoms with Crippen LogP contribution in [0.3, 0.4) is 0 Å². The Morgan fingerprint density at radius 1 is 1.50 bits per heavy atom. The first-order chi connectivity index (χ1) is 6.63. The van der Waals surface area contributed by atoms with Crippen LogP contribution in [0.1, 0.15) is 5.56 Å². The van der Waals surface area contributed by atoms with E-state index >= 15 is 0 Å². The molecule has 0 saturated carbocycles. The van der Waals surface area contributed by atoms with Crippen LogP contribution in [0, 0.1) is 18.3 Å². The van der Waals surface area contributed by atoms with Crippen LogP contribution in [0.5, 0.6) is 0 Å². The first-order valence-electron chi connectivity index (χ1n) is 4.16. The fraction of sp³-hybridized carbons (Fsp3) is 0.200. The number of hydrogen-bond acceptors (Lipinski definition) is 3. The molecule has 0 fully saturated rings. The number of benzene rings is 1. The molecular formula is C10H11N3O. The molecule has 0 saturated heterocycles. The van der Waals surface area contributed by atoms with Gasteiger partial charge in [-0.05, 0) is 19.1 Å². The molecule has 0 unspecified atom stereocenters. The Hall–Kier alpha value is -1.86. The van der Waals surface area contributed by atoms with E-state index in [1.807, 2.05) is 19.1 Å². The monoisotopic (exact) mass is 189 g/mol. The van der Waals surface area contributed by atoms with Gasteiger partial charge in [0, 0.05) is 5.69 Å². The number of rotatable bonds is 2. The molecule has 0 bridgehead atoms. The fourth-order valence-electron chi connectivity index (χ4n) is 0.916. The van der Waals surface area contributed by atoms with E-state index in [2.05, 4.69) is 5.32 Å². The number of nitrogens with one attached hydrogen (secondary N) is 1. The van der Waals surface area contributed by atoms with Gasteiger partial charge >= 0.3 is 0 Å². The van der Waals surface area contributed by atoms with Gasteiger partial charge in [-0.1, -0.05) is 17.7 Å². The third kappa shape index (κ3) is 2.57. The third-order valence-electron chi connectivity index (χ3n) is 1.74. The summed E-state index contributed by atoms with van der Waals surface area (Å²) in [6.45, 7) is 1.95. The van der Waals surface area contributed by atoms with Gasteiger partial charge in [-0.2, -0.15) is 5.26 Å². The van der Waals surface area contributed by atoms with E-state index in [1.165, 1.54) is 0 Å². The third-order valence-corrected chi connectivity index (χ3v) is 1.74. The standard InChI is InChI=1S/C10H11N3O/c1-7-2-4-8(5-3-7)13-10(14)9(12)6-11/h2-5,9H,12H2,1H3,(H,13,14)/t9-/m1/s1. The minimum Gasteiger partial charge on any atom is -0.324 e. The van der Waals surface area contributed by atoms with Gasteiger partial charge in [0.1, 0.15) is 0 Å². The van der Waals surface area contributed by atoms with Gasteiger partial charge < -0.3 is 11.1 Å². The van der Waals surface area contributed by atoms with Crippen molar-refractivity contribution in [3.8, 4) is 6.07 Å². The number of aryl methyl sites for hydroxylation is 1. The van der Waals surface area contributed by atoms with Gasteiger partial charge in [0.15, 0.2) is 6.04 Å². The average molecular weight is 189 g/mol. The highest BCUT2D eigenvalue weighted by Crippen LogP contribution is 2.08. The second-order valence-corrected chi connectivity index (χ2v) is 2.96. The second kappa shape index (κ2) is 4.40. The van der Waals surface area contributed by atoms with Crippen LogP contribution >= 0.6 is 0 Å². The van der Waals surface area contributed by atoms with Gasteiger partial charge in [-0.25, -0.2) is 0 Å². The zero-order valence-corrected chi connectivity index (χ0v) is 7.82. The Balaban J connectivity index is 2.66. The van der Waals surface area contributed by atoms with Crippen molar-refractivity contribution in [2.24, 2.45) is 5.73 Å². The zero-order valence-electron chi connectivity index (χ0n) is 7.82. The van der Waals surface area contributed by atoms with Crippen molar-refractivity contribution in [1.29, 1.82) is 5.26 Å². The number of anilines is 1. The smallest absolute Gasteiger partial charge is 0.255 e. The number of carbonyl (C=O) groups excluding carboxylic acids is 1. The highest BCUT2D eigenvalue weighted by molar-refractivity contribution is 5.96. The first kappa shape index (κ1) is 10.2. The van der Waals surface area contributed by atoms with Crippen LogP contribution < -0.4 is 11.1 Å². The molecule has 0 aliphatic rings. The summed E-state index contributed by atoms with van der Waals surface area (Å²) in [4.78, 5) is 11.2. The van der Waals surface area contributed by atoms with E-state index in [-0.39, 0.29) is 0 Å². The molecule has 14 heavy (non-hydrogen) atoms. The number of amides is 1. The molecule has 1 aromatic rings. The molecule has 0 aromatic heterocycles. The minimum atomic E-state index is -1.11. The van der Waals surface area contributed by atoms with E-state index in [0.717, 1.165) is 5.56 Å². The summed E-state index contributed by atoms with van der Waals surface area (Å²) in [5, 5.41) is 10.9. The summed E-state index contributed by atoms with van der Waals surface area (Å²) in [7, 11) is 0. The van der Waals surface area contributed by atoms with Crippen LogP contribution in [-0.4, -0.2) is 11.9 Å². The van der Waals surface area contributed by atoms with E-state index in [9.17, 15) is 4.79 Å². The topological polar surface area (TPSA) is 78.9 Å². The van der Waals surface area contributed by atoms with Crippen LogP contribution in [0.2, 0.25) is 0 Å². The van der Waals surface area contributed by atoms with E-state index in [0.29, 0.717) is 5.69 Å². The summed E-state index contributed by atoms with van der Waals surface area (Å²) >= 11 is 0. The lowest BCUT2D eigenvalue weighted by atomic mass is 10.2. The Morgan fingerprint density at radius 3 is 2.57 bits per heavy atom. The quantitative estimate of drug-likeness (QED) is 0.721. The molecule has 0 radical (unpaired) electrons. The highest BCUT2D eigenvalue weighted by Gasteiger charge is 2.11. The average Bonchev–Trinajstić information content (AvgIpc) is 2.20. The molecule has 1 atom stereocenters. The predicted octanol–water partition coefficient (Wildman–Crippen LogP) is 0.784. The lowest BCUT2D eigenvalue weighted by Gasteiger charge is -2.05. The molecule has 0 spiro atoms. The van der Waals surface area contributed by atoms with E-state index < -0.39 is 11.9 Å². The van der Waals surface area contributed by atoms with Crippen LogP contribution in [0.4, 0.5) is 5.69 Å². The van der Waals surface area contributed by atoms with Crippen molar-refractivity contribution in [2.75, 3.05) is 5.32 Å². The maximum absolute atomic E-state index is 11.2. The highest BCUT2D eigenvalue weighted by atomic mass is 16.2. The van der Waals surface area contributed by atoms with E-state index in [1.54, 1.807) is 18.2 Å². The normalized spacial score (nSPS) is 11.5. The number of nitrogens with zero attached hydrogens (tertiary/aromatic N) is 1. The molecule has 4 heteroatoms. The molecule has 3 N–H and O–H groups in total.